The minimum atomic E-state index is 0.682. The van der Waals surface area contributed by atoms with Gasteiger partial charge in [0, 0.05) is 36.8 Å². The van der Waals surface area contributed by atoms with Crippen molar-refractivity contribution in [2.24, 2.45) is 0 Å². The number of halogens is 1. The zero-order valence-corrected chi connectivity index (χ0v) is 13.8. The Bertz CT molecular complexity index is 607. The van der Waals surface area contributed by atoms with E-state index in [4.69, 9.17) is 9.84 Å². The van der Waals surface area contributed by atoms with Gasteiger partial charge in [-0.2, -0.15) is 5.10 Å². The Labute approximate surface area is 133 Å². The number of ether oxygens (including phenoxy) is 1. The lowest BCUT2D eigenvalue weighted by molar-refractivity contribution is 0.199. The summed E-state index contributed by atoms with van der Waals surface area (Å²) >= 11 is 3.55. The molecular formula is C16H20BrN3O. The van der Waals surface area contributed by atoms with Crippen LogP contribution in [0.3, 0.4) is 0 Å². The third kappa shape index (κ3) is 3.73. The van der Waals surface area contributed by atoms with Crippen LogP contribution in [0.2, 0.25) is 0 Å². The van der Waals surface area contributed by atoms with E-state index in [9.17, 15) is 0 Å². The van der Waals surface area contributed by atoms with Crippen molar-refractivity contribution in [3.05, 3.63) is 46.2 Å². The molecule has 0 amide bonds. The number of hydrogen-bond donors (Lipinski definition) is 1. The quantitative estimate of drug-likeness (QED) is 0.780. The molecule has 0 bridgehead atoms. The first-order chi connectivity index (χ1) is 10.3. The molecule has 3 rings (SSSR count). The molecule has 0 atom stereocenters. The monoisotopic (exact) mass is 349 g/mol. The first-order valence-corrected chi connectivity index (χ1v) is 8.11. The van der Waals surface area contributed by atoms with E-state index in [1.54, 1.807) is 7.11 Å². The summed E-state index contributed by atoms with van der Waals surface area (Å²) in [5.74, 6) is 0.682. The minimum Gasteiger partial charge on any atom is -0.383 e. The van der Waals surface area contributed by atoms with Gasteiger partial charge in [0.15, 0.2) is 0 Å². The second-order valence-corrected chi connectivity index (χ2v) is 6.32. The molecule has 1 aliphatic carbocycles. The number of aromatic nitrogens is 2. The average molecular weight is 350 g/mol. The Morgan fingerprint density at radius 3 is 3.00 bits per heavy atom. The molecule has 112 valence electrons. The van der Waals surface area contributed by atoms with Gasteiger partial charge in [0.05, 0.1) is 18.0 Å². The van der Waals surface area contributed by atoms with Gasteiger partial charge in [0.25, 0.3) is 0 Å². The molecule has 0 saturated heterocycles. The highest BCUT2D eigenvalue weighted by Gasteiger charge is 2.26. The van der Waals surface area contributed by atoms with Crippen LogP contribution >= 0.6 is 15.9 Å². The van der Waals surface area contributed by atoms with Crippen LogP contribution in [0.25, 0.3) is 5.69 Å². The van der Waals surface area contributed by atoms with Crippen molar-refractivity contribution >= 4 is 15.9 Å². The highest BCUT2D eigenvalue weighted by atomic mass is 79.9. The average Bonchev–Trinajstić information content (AvgIpc) is 3.22. The summed E-state index contributed by atoms with van der Waals surface area (Å²) in [5, 5.41) is 8.12. The van der Waals surface area contributed by atoms with Gasteiger partial charge in [-0.05, 0) is 36.6 Å². The smallest absolute Gasteiger partial charge is 0.0701 e. The number of nitrogens with zero attached hydrogens (tertiary/aromatic N) is 2. The largest absolute Gasteiger partial charge is 0.383 e. The zero-order valence-electron chi connectivity index (χ0n) is 12.2. The van der Waals surface area contributed by atoms with E-state index in [0.29, 0.717) is 5.92 Å². The highest BCUT2D eigenvalue weighted by Crippen LogP contribution is 2.39. The van der Waals surface area contributed by atoms with E-state index in [2.05, 4.69) is 51.7 Å². The van der Waals surface area contributed by atoms with Crippen LogP contribution in [0.4, 0.5) is 0 Å². The predicted octanol–water partition coefficient (Wildman–Crippen LogP) is 3.25. The molecule has 0 aliphatic heterocycles. The molecule has 1 aromatic carbocycles. The molecular weight excluding hydrogens is 330 g/mol. The van der Waals surface area contributed by atoms with Crippen molar-refractivity contribution in [3.8, 4) is 5.69 Å². The molecule has 1 saturated carbocycles. The van der Waals surface area contributed by atoms with Gasteiger partial charge < -0.3 is 10.1 Å². The highest BCUT2D eigenvalue weighted by molar-refractivity contribution is 9.10. The fourth-order valence-electron chi connectivity index (χ4n) is 2.37. The van der Waals surface area contributed by atoms with Crippen LogP contribution in [0.5, 0.6) is 0 Å². The van der Waals surface area contributed by atoms with E-state index in [1.807, 2.05) is 4.68 Å². The van der Waals surface area contributed by atoms with Gasteiger partial charge >= 0.3 is 0 Å². The maximum absolute atomic E-state index is 5.06. The Kier molecular flexibility index (Phi) is 4.73. The van der Waals surface area contributed by atoms with Gasteiger partial charge in [0.1, 0.15) is 0 Å². The van der Waals surface area contributed by atoms with Crippen LogP contribution in [-0.2, 0) is 11.3 Å². The Morgan fingerprint density at radius 2 is 2.24 bits per heavy atom. The molecule has 1 aliphatic rings. The van der Waals surface area contributed by atoms with Gasteiger partial charge in [-0.25, -0.2) is 4.68 Å². The van der Waals surface area contributed by atoms with Crippen LogP contribution < -0.4 is 5.32 Å². The standard InChI is InChI=1S/C16H20BrN3O/c1-21-9-7-18-11-13-4-5-14(17)10-16(13)20-8-6-15(19-20)12-2-3-12/h4-6,8,10,12,18H,2-3,7,9,11H2,1H3. The number of methoxy groups -OCH3 is 1. The summed E-state index contributed by atoms with van der Waals surface area (Å²) in [6.07, 6.45) is 4.62. The summed E-state index contributed by atoms with van der Waals surface area (Å²) in [6, 6.07) is 8.47. The Hall–Kier alpha value is -1.17. The lowest BCUT2D eigenvalue weighted by atomic mass is 10.2. The first-order valence-electron chi connectivity index (χ1n) is 7.32. The molecule has 4 nitrogen and oxygen atoms in total. The van der Waals surface area contributed by atoms with Crippen LogP contribution in [-0.4, -0.2) is 30.0 Å². The topological polar surface area (TPSA) is 39.1 Å². The Morgan fingerprint density at radius 1 is 1.38 bits per heavy atom. The first kappa shape index (κ1) is 14.8. The van der Waals surface area contributed by atoms with Crippen molar-refractivity contribution in [3.63, 3.8) is 0 Å². The van der Waals surface area contributed by atoms with E-state index in [-0.39, 0.29) is 0 Å². The van der Waals surface area contributed by atoms with Crippen molar-refractivity contribution in [1.82, 2.24) is 15.1 Å². The second kappa shape index (κ2) is 6.73. The second-order valence-electron chi connectivity index (χ2n) is 5.40. The number of nitrogens with one attached hydrogen (secondary N) is 1. The lowest BCUT2D eigenvalue weighted by Gasteiger charge is -2.11. The fraction of sp³-hybridized carbons (Fsp3) is 0.438. The molecule has 0 spiro atoms. The van der Waals surface area contributed by atoms with Crippen molar-refractivity contribution in [2.45, 2.75) is 25.3 Å². The summed E-state index contributed by atoms with van der Waals surface area (Å²) in [7, 11) is 1.72. The number of hydrogen-bond acceptors (Lipinski definition) is 3. The number of rotatable bonds is 7. The van der Waals surface area contributed by atoms with Gasteiger partial charge in [-0.1, -0.05) is 22.0 Å². The molecule has 2 aromatic rings. The maximum atomic E-state index is 5.06. The molecule has 21 heavy (non-hydrogen) atoms. The van der Waals surface area contributed by atoms with Crippen molar-refractivity contribution in [2.75, 3.05) is 20.3 Å². The van der Waals surface area contributed by atoms with E-state index < -0.39 is 0 Å². The van der Waals surface area contributed by atoms with Gasteiger partial charge in [-0.15, -0.1) is 0 Å². The van der Waals surface area contributed by atoms with Crippen LogP contribution in [0, 0.1) is 0 Å². The van der Waals surface area contributed by atoms with Gasteiger partial charge in [0.2, 0.25) is 0 Å². The molecule has 0 radical (unpaired) electrons. The third-order valence-electron chi connectivity index (χ3n) is 3.70. The summed E-state index contributed by atoms with van der Waals surface area (Å²) in [4.78, 5) is 0. The molecule has 1 aromatic heterocycles. The predicted molar refractivity (Wildman–Crippen MR) is 86.8 cm³/mol. The molecule has 0 unspecified atom stereocenters. The minimum absolute atomic E-state index is 0.682. The van der Waals surface area contributed by atoms with E-state index in [1.165, 1.54) is 24.1 Å². The molecule has 1 N–H and O–H groups in total. The van der Waals surface area contributed by atoms with E-state index in [0.717, 1.165) is 29.9 Å². The lowest BCUT2D eigenvalue weighted by Crippen LogP contribution is -2.19. The Balaban J connectivity index is 1.79. The van der Waals surface area contributed by atoms with E-state index >= 15 is 0 Å². The van der Waals surface area contributed by atoms with Gasteiger partial charge in [-0.3, -0.25) is 0 Å². The maximum Gasteiger partial charge on any atom is 0.0701 e. The fourth-order valence-corrected chi connectivity index (χ4v) is 2.72. The molecule has 1 heterocycles. The molecule has 1 fully saturated rings. The SMILES string of the molecule is COCCNCc1ccc(Br)cc1-n1ccc(C2CC2)n1. The summed E-state index contributed by atoms with van der Waals surface area (Å²) in [5.41, 5.74) is 3.58. The third-order valence-corrected chi connectivity index (χ3v) is 4.19. The summed E-state index contributed by atoms with van der Waals surface area (Å²) in [6.45, 7) is 2.38. The summed E-state index contributed by atoms with van der Waals surface area (Å²) < 4.78 is 8.13. The van der Waals surface area contributed by atoms with Crippen molar-refractivity contribution in [1.29, 1.82) is 0 Å². The zero-order chi connectivity index (χ0) is 14.7. The van der Waals surface area contributed by atoms with Crippen LogP contribution in [0.1, 0.15) is 30.0 Å². The normalized spacial score (nSPS) is 14.6. The molecule has 5 heteroatoms. The van der Waals surface area contributed by atoms with Crippen LogP contribution in [0.15, 0.2) is 34.9 Å². The van der Waals surface area contributed by atoms with Crippen molar-refractivity contribution < 1.29 is 4.74 Å². The number of benzene rings is 1.